The van der Waals surface area contributed by atoms with E-state index in [1.807, 2.05) is 13.8 Å². The SMILES string of the molecule is COC(C)(C)CCN1C(=O)CNC(=O)C12CCCC2. The molecule has 0 aromatic heterocycles. The van der Waals surface area contributed by atoms with E-state index >= 15 is 0 Å². The summed E-state index contributed by atoms with van der Waals surface area (Å²) >= 11 is 0. The fraction of sp³-hybridized carbons (Fsp3) is 0.857. The van der Waals surface area contributed by atoms with Crippen molar-refractivity contribution in [3.8, 4) is 0 Å². The predicted octanol–water partition coefficient (Wildman–Crippen LogP) is 1.07. The zero-order valence-electron chi connectivity index (χ0n) is 12.1. The van der Waals surface area contributed by atoms with E-state index in [1.54, 1.807) is 12.0 Å². The van der Waals surface area contributed by atoms with Gasteiger partial charge in [-0.1, -0.05) is 12.8 Å². The Morgan fingerprint density at radius 2 is 1.95 bits per heavy atom. The molecule has 108 valence electrons. The number of nitrogens with one attached hydrogen (secondary N) is 1. The molecule has 0 atom stereocenters. The molecule has 0 aromatic carbocycles. The lowest BCUT2D eigenvalue weighted by Gasteiger charge is -2.44. The van der Waals surface area contributed by atoms with E-state index in [1.165, 1.54) is 0 Å². The van der Waals surface area contributed by atoms with Gasteiger partial charge in [0.25, 0.3) is 0 Å². The van der Waals surface area contributed by atoms with Crippen molar-refractivity contribution in [3.05, 3.63) is 0 Å². The molecule has 1 aliphatic heterocycles. The Labute approximate surface area is 114 Å². The summed E-state index contributed by atoms with van der Waals surface area (Å²) in [7, 11) is 1.68. The van der Waals surface area contributed by atoms with Crippen LogP contribution in [0.3, 0.4) is 0 Å². The maximum atomic E-state index is 12.2. The monoisotopic (exact) mass is 268 g/mol. The van der Waals surface area contributed by atoms with E-state index in [-0.39, 0.29) is 24.0 Å². The van der Waals surface area contributed by atoms with Gasteiger partial charge in [-0.05, 0) is 33.1 Å². The summed E-state index contributed by atoms with van der Waals surface area (Å²) in [5, 5.41) is 2.74. The number of ether oxygens (including phenoxy) is 1. The van der Waals surface area contributed by atoms with Crippen molar-refractivity contribution in [2.75, 3.05) is 20.2 Å². The van der Waals surface area contributed by atoms with E-state index in [9.17, 15) is 9.59 Å². The molecule has 1 saturated heterocycles. The van der Waals surface area contributed by atoms with Gasteiger partial charge in [0, 0.05) is 13.7 Å². The lowest BCUT2D eigenvalue weighted by Crippen LogP contribution is -2.66. The number of methoxy groups -OCH3 is 1. The summed E-state index contributed by atoms with van der Waals surface area (Å²) in [5.41, 5.74) is -0.854. The molecule has 1 saturated carbocycles. The highest BCUT2D eigenvalue weighted by molar-refractivity contribution is 5.98. The van der Waals surface area contributed by atoms with Gasteiger partial charge in [-0.2, -0.15) is 0 Å². The van der Waals surface area contributed by atoms with Gasteiger partial charge in [-0.3, -0.25) is 9.59 Å². The number of nitrogens with zero attached hydrogens (tertiary/aromatic N) is 1. The highest BCUT2D eigenvalue weighted by Gasteiger charge is 2.50. The first-order valence-corrected chi connectivity index (χ1v) is 7.05. The van der Waals surface area contributed by atoms with Crippen LogP contribution >= 0.6 is 0 Å². The Hall–Kier alpha value is -1.10. The predicted molar refractivity (Wildman–Crippen MR) is 71.6 cm³/mol. The molecule has 19 heavy (non-hydrogen) atoms. The van der Waals surface area contributed by atoms with E-state index < -0.39 is 5.54 Å². The smallest absolute Gasteiger partial charge is 0.246 e. The van der Waals surface area contributed by atoms with Crippen molar-refractivity contribution in [2.24, 2.45) is 0 Å². The summed E-state index contributed by atoms with van der Waals surface area (Å²) in [4.78, 5) is 26.2. The minimum absolute atomic E-state index is 0.0276. The highest BCUT2D eigenvalue weighted by Crippen LogP contribution is 2.37. The lowest BCUT2D eigenvalue weighted by atomic mass is 9.90. The van der Waals surface area contributed by atoms with Gasteiger partial charge in [0.2, 0.25) is 11.8 Å². The highest BCUT2D eigenvalue weighted by atomic mass is 16.5. The largest absolute Gasteiger partial charge is 0.379 e. The third kappa shape index (κ3) is 2.61. The van der Waals surface area contributed by atoms with Crippen molar-refractivity contribution >= 4 is 11.8 Å². The maximum absolute atomic E-state index is 12.2. The van der Waals surface area contributed by atoms with Gasteiger partial charge in [0.1, 0.15) is 5.54 Å². The minimum Gasteiger partial charge on any atom is -0.379 e. The van der Waals surface area contributed by atoms with E-state index in [2.05, 4.69) is 5.32 Å². The number of hydrogen-bond donors (Lipinski definition) is 1. The number of carbonyl (C=O) groups is 2. The molecule has 2 fully saturated rings. The van der Waals surface area contributed by atoms with E-state index in [4.69, 9.17) is 4.74 Å². The maximum Gasteiger partial charge on any atom is 0.246 e. The Morgan fingerprint density at radius 1 is 1.32 bits per heavy atom. The second-order valence-corrected chi connectivity index (χ2v) is 6.18. The van der Waals surface area contributed by atoms with Crippen LogP contribution in [0.4, 0.5) is 0 Å². The third-order valence-corrected chi connectivity index (χ3v) is 4.56. The molecule has 1 aliphatic carbocycles. The number of hydrogen-bond acceptors (Lipinski definition) is 3. The molecule has 1 spiro atoms. The van der Waals surface area contributed by atoms with E-state index in [0.717, 1.165) is 32.1 Å². The zero-order valence-corrected chi connectivity index (χ0v) is 12.1. The van der Waals surface area contributed by atoms with Crippen LogP contribution in [0.5, 0.6) is 0 Å². The summed E-state index contributed by atoms with van der Waals surface area (Å²) in [6, 6.07) is 0. The van der Waals surface area contributed by atoms with Crippen molar-refractivity contribution in [3.63, 3.8) is 0 Å². The van der Waals surface area contributed by atoms with Crippen LogP contribution in [0.2, 0.25) is 0 Å². The standard InChI is InChI=1S/C14H24N2O3/c1-13(2,19-3)8-9-16-11(17)10-15-12(18)14(16)6-4-5-7-14/h4-10H2,1-3H3,(H,15,18). The molecule has 0 radical (unpaired) electrons. The van der Waals surface area contributed by atoms with Crippen molar-refractivity contribution < 1.29 is 14.3 Å². The van der Waals surface area contributed by atoms with Crippen molar-refractivity contribution in [2.45, 2.75) is 57.1 Å². The number of amides is 2. The van der Waals surface area contributed by atoms with Gasteiger partial charge >= 0.3 is 0 Å². The second kappa shape index (κ2) is 5.12. The van der Waals surface area contributed by atoms with Crippen LogP contribution in [-0.4, -0.2) is 48.1 Å². The van der Waals surface area contributed by atoms with Crippen molar-refractivity contribution in [1.29, 1.82) is 0 Å². The van der Waals surface area contributed by atoms with Gasteiger partial charge in [-0.25, -0.2) is 0 Å². The van der Waals surface area contributed by atoms with Crippen LogP contribution in [0.25, 0.3) is 0 Å². The topological polar surface area (TPSA) is 58.6 Å². The summed E-state index contributed by atoms with van der Waals surface area (Å²) in [5.74, 6) is 0.0632. The average Bonchev–Trinajstić information content (AvgIpc) is 2.85. The summed E-state index contributed by atoms with van der Waals surface area (Å²) in [6.45, 7) is 4.73. The van der Waals surface area contributed by atoms with Crippen LogP contribution in [-0.2, 0) is 14.3 Å². The Morgan fingerprint density at radius 3 is 2.53 bits per heavy atom. The first-order valence-electron chi connectivity index (χ1n) is 7.05. The van der Waals surface area contributed by atoms with Gasteiger partial charge in [0.15, 0.2) is 0 Å². The number of carbonyl (C=O) groups excluding carboxylic acids is 2. The minimum atomic E-state index is -0.584. The van der Waals surface area contributed by atoms with Crippen LogP contribution in [0.15, 0.2) is 0 Å². The Bertz CT molecular complexity index is 373. The van der Waals surface area contributed by atoms with Crippen molar-refractivity contribution in [1.82, 2.24) is 10.2 Å². The van der Waals surface area contributed by atoms with Gasteiger partial charge < -0.3 is 15.0 Å². The van der Waals surface area contributed by atoms with Crippen LogP contribution in [0.1, 0.15) is 46.0 Å². The van der Waals surface area contributed by atoms with E-state index in [0.29, 0.717) is 6.54 Å². The molecule has 5 heteroatoms. The molecular weight excluding hydrogens is 244 g/mol. The molecule has 2 amide bonds. The van der Waals surface area contributed by atoms with Gasteiger partial charge in [0.05, 0.1) is 12.1 Å². The van der Waals surface area contributed by atoms with Crippen LogP contribution in [0, 0.1) is 0 Å². The molecule has 2 aliphatic rings. The molecule has 1 heterocycles. The molecule has 1 N–H and O–H groups in total. The first kappa shape index (κ1) is 14.3. The lowest BCUT2D eigenvalue weighted by molar-refractivity contribution is -0.154. The number of rotatable bonds is 4. The first-order chi connectivity index (χ1) is 8.91. The fourth-order valence-corrected chi connectivity index (χ4v) is 3.06. The summed E-state index contributed by atoms with van der Waals surface area (Å²) < 4.78 is 5.40. The Kier molecular flexibility index (Phi) is 3.85. The third-order valence-electron chi connectivity index (χ3n) is 4.56. The zero-order chi connectivity index (χ0) is 14.1. The van der Waals surface area contributed by atoms with Gasteiger partial charge in [-0.15, -0.1) is 0 Å². The molecule has 0 bridgehead atoms. The Balaban J connectivity index is 2.14. The average molecular weight is 268 g/mol. The quantitative estimate of drug-likeness (QED) is 0.830. The normalized spacial score (nSPS) is 23.0. The molecule has 0 unspecified atom stereocenters. The van der Waals surface area contributed by atoms with Crippen LogP contribution < -0.4 is 5.32 Å². The molecular formula is C14H24N2O3. The molecule has 5 nitrogen and oxygen atoms in total. The summed E-state index contributed by atoms with van der Waals surface area (Å²) in [6.07, 6.45) is 4.36. The number of piperazine rings is 1. The molecule has 0 aromatic rings. The molecule has 2 rings (SSSR count). The fourth-order valence-electron chi connectivity index (χ4n) is 3.06. The second-order valence-electron chi connectivity index (χ2n) is 6.18.